The summed E-state index contributed by atoms with van der Waals surface area (Å²) in [6, 6.07) is 11.4. The highest BCUT2D eigenvalue weighted by Gasteiger charge is 2.18. The summed E-state index contributed by atoms with van der Waals surface area (Å²) in [5, 5.41) is 7.06. The first kappa shape index (κ1) is 21.3. The van der Waals surface area contributed by atoms with E-state index in [0.29, 0.717) is 22.1 Å². The van der Waals surface area contributed by atoms with E-state index in [4.69, 9.17) is 16.1 Å². The monoisotopic (exact) mass is 452 g/mol. The molecule has 2 N–H and O–H groups in total. The van der Waals surface area contributed by atoms with Crippen LogP contribution in [0.15, 0.2) is 56.8 Å². The van der Waals surface area contributed by atoms with E-state index in [2.05, 4.69) is 20.2 Å². The van der Waals surface area contributed by atoms with Gasteiger partial charge in [0.15, 0.2) is 0 Å². The fraction of sp³-hybridized carbons (Fsp3) is 0.167. The minimum Gasteiger partial charge on any atom is -0.338 e. The highest BCUT2D eigenvalue weighted by molar-refractivity contribution is 7.98. The number of sulfonamides is 1. The van der Waals surface area contributed by atoms with Crippen LogP contribution >= 0.6 is 23.4 Å². The Bertz CT molecular complexity index is 1130. The molecule has 1 amide bonds. The zero-order valence-corrected chi connectivity index (χ0v) is 17.9. The summed E-state index contributed by atoms with van der Waals surface area (Å²) in [4.78, 5) is 16.3. The number of nitrogens with zero attached hydrogens (tertiary/aromatic N) is 2. The van der Waals surface area contributed by atoms with Gasteiger partial charge in [0.25, 0.3) is 0 Å². The number of nitrogens with one attached hydrogen (secondary N) is 2. The van der Waals surface area contributed by atoms with Crippen LogP contribution in [0.3, 0.4) is 0 Å². The first-order valence-electron chi connectivity index (χ1n) is 8.32. The number of aromatic nitrogens is 2. The molecule has 2 aromatic carbocycles. The number of carbonyl (C=O) groups excluding carboxylic acids is 1. The van der Waals surface area contributed by atoms with E-state index in [9.17, 15) is 13.2 Å². The molecule has 0 bridgehead atoms. The molecule has 1 heterocycles. The second kappa shape index (κ2) is 8.95. The van der Waals surface area contributed by atoms with E-state index in [1.165, 1.54) is 30.8 Å². The topological polar surface area (TPSA) is 114 Å². The van der Waals surface area contributed by atoms with Gasteiger partial charge in [-0.05, 0) is 48.7 Å². The lowest BCUT2D eigenvalue weighted by molar-refractivity contribution is -0.114. The van der Waals surface area contributed by atoms with Crippen LogP contribution in [0.5, 0.6) is 0 Å². The summed E-state index contributed by atoms with van der Waals surface area (Å²) in [5.74, 6) is 0.151. The summed E-state index contributed by atoms with van der Waals surface area (Å²) in [7, 11) is -3.86. The highest BCUT2D eigenvalue weighted by atomic mass is 35.5. The van der Waals surface area contributed by atoms with Crippen molar-refractivity contribution in [1.82, 2.24) is 14.9 Å². The molecule has 3 aromatic rings. The van der Waals surface area contributed by atoms with Crippen molar-refractivity contribution in [1.29, 1.82) is 0 Å². The lowest BCUT2D eigenvalue weighted by Gasteiger charge is -2.11. The average molecular weight is 453 g/mol. The van der Waals surface area contributed by atoms with Gasteiger partial charge >= 0.3 is 0 Å². The molecule has 0 unspecified atom stereocenters. The lowest BCUT2D eigenvalue weighted by atomic mass is 10.2. The molecule has 0 aliphatic rings. The number of hydrogen-bond donors (Lipinski definition) is 2. The van der Waals surface area contributed by atoms with Crippen molar-refractivity contribution in [2.75, 3.05) is 11.6 Å². The molecular formula is C18H17ClN4O4S2. The van der Waals surface area contributed by atoms with E-state index < -0.39 is 10.0 Å². The molecule has 0 saturated carbocycles. The van der Waals surface area contributed by atoms with Crippen LogP contribution in [0, 0.1) is 0 Å². The number of halogens is 1. The molecule has 29 heavy (non-hydrogen) atoms. The first-order valence-corrected chi connectivity index (χ1v) is 11.4. The Morgan fingerprint density at radius 3 is 2.59 bits per heavy atom. The maximum Gasteiger partial charge on any atom is 0.242 e. The Hall–Kier alpha value is -2.40. The fourth-order valence-electron chi connectivity index (χ4n) is 2.42. The van der Waals surface area contributed by atoms with E-state index in [1.807, 2.05) is 6.26 Å². The minimum atomic E-state index is -3.86. The maximum atomic E-state index is 12.6. The molecule has 0 saturated heterocycles. The summed E-state index contributed by atoms with van der Waals surface area (Å²) in [6.45, 7) is 1.18. The van der Waals surface area contributed by atoms with Crippen molar-refractivity contribution in [2.24, 2.45) is 0 Å². The smallest absolute Gasteiger partial charge is 0.242 e. The predicted octanol–water partition coefficient (Wildman–Crippen LogP) is 3.55. The molecular weight excluding hydrogens is 436 g/mol. The Kier molecular flexibility index (Phi) is 6.58. The normalized spacial score (nSPS) is 11.4. The maximum absolute atomic E-state index is 12.6. The number of benzene rings is 2. The van der Waals surface area contributed by atoms with Crippen LogP contribution in [-0.4, -0.2) is 30.7 Å². The SMILES string of the molecule is CSc1ccc(S(=O)(=O)NCc2nc(-c3ccc(Cl)cc3)no2)cc1NC(C)=O. The third kappa shape index (κ3) is 5.36. The van der Waals surface area contributed by atoms with Gasteiger partial charge in [-0.3, -0.25) is 4.79 Å². The summed E-state index contributed by atoms with van der Waals surface area (Å²) < 4.78 is 32.8. The van der Waals surface area contributed by atoms with Gasteiger partial charge in [0, 0.05) is 22.4 Å². The standard InChI is InChI=1S/C18H17ClN4O4S2/c1-11(24)21-15-9-14(7-8-16(15)28-2)29(25,26)20-10-17-22-18(23-27-17)12-3-5-13(19)6-4-12/h3-9,20H,10H2,1-2H3,(H,21,24). The summed E-state index contributed by atoms with van der Waals surface area (Å²) >= 11 is 7.25. The second-order valence-corrected chi connectivity index (χ2v) is 8.94. The molecule has 0 fully saturated rings. The minimum absolute atomic E-state index is 0.0106. The van der Waals surface area contributed by atoms with Gasteiger partial charge in [-0.2, -0.15) is 4.98 Å². The Labute approximate surface area is 177 Å². The van der Waals surface area contributed by atoms with Crippen LogP contribution < -0.4 is 10.0 Å². The fourth-order valence-corrected chi connectivity index (χ4v) is 4.08. The van der Waals surface area contributed by atoms with Gasteiger partial charge < -0.3 is 9.84 Å². The molecule has 0 aliphatic carbocycles. The number of rotatable bonds is 7. The Morgan fingerprint density at radius 1 is 1.21 bits per heavy atom. The molecule has 0 spiro atoms. The zero-order valence-electron chi connectivity index (χ0n) is 15.5. The zero-order chi connectivity index (χ0) is 21.0. The molecule has 1 aromatic heterocycles. The van der Waals surface area contributed by atoms with Gasteiger partial charge in [0.05, 0.1) is 17.1 Å². The third-order valence-corrected chi connectivity index (χ3v) is 6.22. The van der Waals surface area contributed by atoms with Crippen LogP contribution in [0.1, 0.15) is 12.8 Å². The third-order valence-electron chi connectivity index (χ3n) is 3.78. The molecule has 152 valence electrons. The highest BCUT2D eigenvalue weighted by Crippen LogP contribution is 2.28. The van der Waals surface area contributed by atoms with Crippen LogP contribution in [0.25, 0.3) is 11.4 Å². The lowest BCUT2D eigenvalue weighted by Crippen LogP contribution is -2.23. The molecule has 8 nitrogen and oxygen atoms in total. The summed E-state index contributed by atoms with van der Waals surface area (Å²) in [5.41, 5.74) is 1.12. The van der Waals surface area contributed by atoms with E-state index in [0.717, 1.165) is 4.90 Å². The molecule has 0 radical (unpaired) electrons. The number of carbonyl (C=O) groups is 1. The molecule has 3 rings (SSSR count). The van der Waals surface area contributed by atoms with Crippen molar-refractivity contribution in [3.8, 4) is 11.4 Å². The largest absolute Gasteiger partial charge is 0.338 e. The Morgan fingerprint density at radius 2 is 1.93 bits per heavy atom. The average Bonchev–Trinajstić information content (AvgIpc) is 3.15. The van der Waals surface area contributed by atoms with Crippen molar-refractivity contribution in [2.45, 2.75) is 23.3 Å². The number of thioether (sulfide) groups is 1. The quantitative estimate of drug-likeness (QED) is 0.527. The van der Waals surface area contributed by atoms with Crippen LogP contribution in [0.4, 0.5) is 5.69 Å². The van der Waals surface area contributed by atoms with Gasteiger partial charge in [-0.15, -0.1) is 11.8 Å². The van der Waals surface area contributed by atoms with E-state index in [1.54, 1.807) is 30.3 Å². The number of hydrogen-bond acceptors (Lipinski definition) is 7. The van der Waals surface area contributed by atoms with Crippen molar-refractivity contribution < 1.29 is 17.7 Å². The second-order valence-electron chi connectivity index (χ2n) is 5.89. The number of anilines is 1. The van der Waals surface area contributed by atoms with Gasteiger partial charge in [-0.1, -0.05) is 16.8 Å². The molecule has 11 heteroatoms. The van der Waals surface area contributed by atoms with E-state index in [-0.39, 0.29) is 23.2 Å². The molecule has 0 aliphatic heterocycles. The van der Waals surface area contributed by atoms with Crippen molar-refractivity contribution >= 4 is 45.0 Å². The van der Waals surface area contributed by atoms with Gasteiger partial charge in [-0.25, -0.2) is 13.1 Å². The number of amides is 1. The van der Waals surface area contributed by atoms with Gasteiger partial charge in [0.2, 0.25) is 27.6 Å². The summed E-state index contributed by atoms with van der Waals surface area (Å²) in [6.07, 6.45) is 1.83. The predicted molar refractivity (Wildman–Crippen MR) is 111 cm³/mol. The van der Waals surface area contributed by atoms with Crippen molar-refractivity contribution in [3.63, 3.8) is 0 Å². The van der Waals surface area contributed by atoms with Crippen LogP contribution in [-0.2, 0) is 21.4 Å². The van der Waals surface area contributed by atoms with E-state index >= 15 is 0 Å². The molecule has 0 atom stereocenters. The van der Waals surface area contributed by atoms with Crippen molar-refractivity contribution in [3.05, 3.63) is 53.4 Å². The van der Waals surface area contributed by atoms with Crippen LogP contribution in [0.2, 0.25) is 5.02 Å². The Balaban J connectivity index is 1.75. The first-order chi connectivity index (χ1) is 13.8. The van der Waals surface area contributed by atoms with Gasteiger partial charge in [0.1, 0.15) is 0 Å².